The first kappa shape index (κ1) is 18.5. The first-order valence-corrected chi connectivity index (χ1v) is 9.87. The van der Waals surface area contributed by atoms with Crippen molar-refractivity contribution in [1.82, 2.24) is 14.9 Å². The van der Waals surface area contributed by atoms with Gasteiger partial charge in [0.2, 0.25) is 0 Å². The lowest BCUT2D eigenvalue weighted by molar-refractivity contribution is 0.242. The number of aromatic nitrogens is 2. The van der Waals surface area contributed by atoms with Gasteiger partial charge in [0.25, 0.3) is 5.56 Å². The van der Waals surface area contributed by atoms with Crippen LogP contribution < -0.4 is 5.56 Å². The molecule has 4 aromatic rings. The van der Waals surface area contributed by atoms with Gasteiger partial charge >= 0.3 is 0 Å². The van der Waals surface area contributed by atoms with Gasteiger partial charge in [0.05, 0.1) is 11.9 Å². The molecule has 142 valence electrons. The monoisotopic (exact) mass is 393 g/mol. The van der Waals surface area contributed by atoms with E-state index in [4.69, 9.17) is 0 Å². The number of aromatic amines is 1. The summed E-state index contributed by atoms with van der Waals surface area (Å²) in [6.45, 7) is 2.35. The number of thiophene rings is 1. The number of nitrogens with one attached hydrogen (secondary N) is 1. The van der Waals surface area contributed by atoms with Crippen LogP contribution in [-0.2, 0) is 6.54 Å². The van der Waals surface area contributed by atoms with Crippen molar-refractivity contribution in [1.29, 1.82) is 0 Å². The Balaban J connectivity index is 1.62. The standard InChI is InChI=1S/C22H20FN3OS/c1-14(16-10-6-7-11-18(16)23)26(2)13-20-24-21(27)17-12-19(28-22(17)25-20)15-8-4-3-5-9-15/h3-12,14H,13H2,1-2H3,(H,24,25,27). The highest BCUT2D eigenvalue weighted by Crippen LogP contribution is 2.31. The van der Waals surface area contributed by atoms with E-state index in [0.29, 0.717) is 28.1 Å². The lowest BCUT2D eigenvalue weighted by Gasteiger charge is -2.24. The lowest BCUT2D eigenvalue weighted by Crippen LogP contribution is -2.25. The molecular weight excluding hydrogens is 373 g/mol. The van der Waals surface area contributed by atoms with E-state index in [1.807, 2.05) is 61.3 Å². The molecule has 0 radical (unpaired) electrons. The Morgan fingerprint density at radius 2 is 1.86 bits per heavy atom. The second kappa shape index (κ2) is 7.66. The van der Waals surface area contributed by atoms with E-state index >= 15 is 0 Å². The number of benzene rings is 2. The van der Waals surface area contributed by atoms with Gasteiger partial charge in [-0.2, -0.15) is 0 Å². The third kappa shape index (κ3) is 3.61. The number of H-pyrrole nitrogens is 1. The predicted octanol–water partition coefficient (Wildman–Crippen LogP) is 4.98. The van der Waals surface area contributed by atoms with E-state index in [1.165, 1.54) is 17.4 Å². The van der Waals surface area contributed by atoms with Crippen LogP contribution in [0.15, 0.2) is 65.5 Å². The Morgan fingerprint density at radius 3 is 2.61 bits per heavy atom. The molecule has 2 aromatic heterocycles. The van der Waals surface area contributed by atoms with Gasteiger partial charge in [0.1, 0.15) is 16.5 Å². The Morgan fingerprint density at radius 1 is 1.14 bits per heavy atom. The number of nitrogens with zero attached hydrogens (tertiary/aromatic N) is 2. The number of hydrogen-bond acceptors (Lipinski definition) is 4. The summed E-state index contributed by atoms with van der Waals surface area (Å²) in [5.74, 6) is 0.342. The smallest absolute Gasteiger partial charge is 0.259 e. The molecule has 0 aliphatic carbocycles. The second-order valence-corrected chi connectivity index (χ2v) is 7.85. The average Bonchev–Trinajstić information content (AvgIpc) is 3.13. The average molecular weight is 393 g/mol. The normalized spacial score (nSPS) is 12.6. The molecule has 0 bridgehead atoms. The molecule has 0 aliphatic heterocycles. The van der Waals surface area contributed by atoms with Crippen molar-refractivity contribution in [2.24, 2.45) is 0 Å². The van der Waals surface area contributed by atoms with Gasteiger partial charge in [-0.05, 0) is 31.7 Å². The maximum atomic E-state index is 14.1. The topological polar surface area (TPSA) is 49.0 Å². The fourth-order valence-corrected chi connectivity index (χ4v) is 4.28. The molecule has 1 atom stereocenters. The van der Waals surface area contributed by atoms with Gasteiger partial charge in [0, 0.05) is 16.5 Å². The van der Waals surface area contributed by atoms with Crippen LogP contribution >= 0.6 is 11.3 Å². The summed E-state index contributed by atoms with van der Waals surface area (Å²) < 4.78 is 14.1. The summed E-state index contributed by atoms with van der Waals surface area (Å²) >= 11 is 1.50. The second-order valence-electron chi connectivity index (χ2n) is 6.82. The van der Waals surface area contributed by atoms with Crippen LogP contribution in [0.5, 0.6) is 0 Å². The fourth-order valence-electron chi connectivity index (χ4n) is 3.22. The zero-order chi connectivity index (χ0) is 19.7. The summed E-state index contributed by atoms with van der Waals surface area (Å²) in [6.07, 6.45) is 0. The minimum absolute atomic E-state index is 0.148. The molecule has 0 aliphatic rings. The van der Waals surface area contributed by atoms with Crippen molar-refractivity contribution in [3.63, 3.8) is 0 Å². The summed E-state index contributed by atoms with van der Waals surface area (Å²) in [5, 5.41) is 0.595. The molecular formula is C22H20FN3OS. The quantitative estimate of drug-likeness (QED) is 0.520. The fraction of sp³-hybridized carbons (Fsp3) is 0.182. The van der Waals surface area contributed by atoms with E-state index in [-0.39, 0.29) is 17.4 Å². The van der Waals surface area contributed by atoms with Crippen molar-refractivity contribution < 1.29 is 4.39 Å². The van der Waals surface area contributed by atoms with E-state index < -0.39 is 0 Å². The minimum Gasteiger partial charge on any atom is -0.309 e. The number of fused-ring (bicyclic) bond motifs is 1. The largest absolute Gasteiger partial charge is 0.309 e. The van der Waals surface area contributed by atoms with Crippen LogP contribution in [0, 0.1) is 5.82 Å². The zero-order valence-corrected chi connectivity index (χ0v) is 16.5. The molecule has 0 amide bonds. The predicted molar refractivity (Wildman–Crippen MR) is 112 cm³/mol. The van der Waals surface area contributed by atoms with Crippen molar-refractivity contribution in [2.75, 3.05) is 7.05 Å². The Kier molecular flexibility index (Phi) is 5.07. The van der Waals surface area contributed by atoms with Crippen LogP contribution in [0.2, 0.25) is 0 Å². The summed E-state index contributed by atoms with van der Waals surface area (Å²) in [5.41, 5.74) is 1.54. The number of rotatable bonds is 5. The molecule has 1 N–H and O–H groups in total. The molecule has 0 saturated carbocycles. The van der Waals surface area contributed by atoms with Gasteiger partial charge in [-0.3, -0.25) is 9.69 Å². The van der Waals surface area contributed by atoms with Gasteiger partial charge in [0.15, 0.2) is 0 Å². The molecule has 28 heavy (non-hydrogen) atoms. The molecule has 6 heteroatoms. The first-order chi connectivity index (χ1) is 13.5. The first-order valence-electron chi connectivity index (χ1n) is 9.06. The molecule has 1 unspecified atom stereocenters. The van der Waals surface area contributed by atoms with Crippen LogP contribution in [0.1, 0.15) is 24.4 Å². The SMILES string of the molecule is CC(c1ccccc1F)N(C)Cc1nc2sc(-c3ccccc3)cc2c(=O)[nH]1. The lowest BCUT2D eigenvalue weighted by atomic mass is 10.1. The van der Waals surface area contributed by atoms with Crippen molar-refractivity contribution in [3.05, 3.63) is 88.2 Å². The van der Waals surface area contributed by atoms with Gasteiger partial charge in [-0.25, -0.2) is 9.37 Å². The Bertz CT molecular complexity index is 1170. The summed E-state index contributed by atoms with van der Waals surface area (Å²) in [6, 6.07) is 18.4. The third-order valence-electron chi connectivity index (χ3n) is 4.93. The maximum Gasteiger partial charge on any atom is 0.259 e. The number of halogens is 1. The summed E-state index contributed by atoms with van der Waals surface area (Å²) in [7, 11) is 1.89. The third-order valence-corrected chi connectivity index (χ3v) is 6.00. The van der Waals surface area contributed by atoms with Crippen LogP contribution in [0.4, 0.5) is 4.39 Å². The maximum absolute atomic E-state index is 14.1. The van der Waals surface area contributed by atoms with Crippen molar-refractivity contribution in [3.8, 4) is 10.4 Å². The van der Waals surface area contributed by atoms with E-state index in [1.54, 1.807) is 12.1 Å². The molecule has 0 saturated heterocycles. The van der Waals surface area contributed by atoms with Gasteiger partial charge in [-0.15, -0.1) is 11.3 Å². The van der Waals surface area contributed by atoms with E-state index in [0.717, 1.165) is 10.4 Å². The number of hydrogen-bond donors (Lipinski definition) is 1. The molecule has 4 rings (SSSR count). The molecule has 0 fully saturated rings. The van der Waals surface area contributed by atoms with Gasteiger partial charge in [-0.1, -0.05) is 48.5 Å². The molecule has 0 spiro atoms. The highest BCUT2D eigenvalue weighted by molar-refractivity contribution is 7.21. The minimum atomic E-state index is -0.232. The Labute approximate surface area is 166 Å². The zero-order valence-electron chi connectivity index (χ0n) is 15.6. The highest BCUT2D eigenvalue weighted by atomic mass is 32.1. The van der Waals surface area contributed by atoms with Crippen LogP contribution in [0.25, 0.3) is 20.7 Å². The van der Waals surface area contributed by atoms with Gasteiger partial charge < -0.3 is 4.98 Å². The Hall–Kier alpha value is -2.83. The molecule has 2 heterocycles. The van der Waals surface area contributed by atoms with Crippen molar-refractivity contribution in [2.45, 2.75) is 19.5 Å². The molecule has 2 aromatic carbocycles. The molecule has 4 nitrogen and oxygen atoms in total. The van der Waals surface area contributed by atoms with Crippen LogP contribution in [0.3, 0.4) is 0 Å². The van der Waals surface area contributed by atoms with Crippen molar-refractivity contribution >= 4 is 21.6 Å². The summed E-state index contributed by atoms with van der Waals surface area (Å²) in [4.78, 5) is 23.8. The van der Waals surface area contributed by atoms with Crippen LogP contribution in [-0.4, -0.2) is 21.9 Å². The van der Waals surface area contributed by atoms with E-state index in [2.05, 4.69) is 9.97 Å². The van der Waals surface area contributed by atoms with E-state index in [9.17, 15) is 9.18 Å². The highest BCUT2D eigenvalue weighted by Gasteiger charge is 2.17.